The highest BCUT2D eigenvalue weighted by molar-refractivity contribution is 7.91. The number of nitrogens with zero attached hydrogens (tertiary/aromatic N) is 2. The van der Waals surface area contributed by atoms with E-state index in [2.05, 4.69) is 15.4 Å². The Labute approximate surface area is 315 Å². The van der Waals surface area contributed by atoms with Gasteiger partial charge >= 0.3 is 18.0 Å². The number of sulfone groups is 1. The number of ether oxygens (including phenoxy) is 2. The van der Waals surface area contributed by atoms with Crippen molar-refractivity contribution in [2.24, 2.45) is 0 Å². The molecule has 0 bridgehead atoms. The molecule has 2 N–H and O–H groups in total. The lowest BCUT2D eigenvalue weighted by molar-refractivity contribution is 0.0592. The summed E-state index contributed by atoms with van der Waals surface area (Å²) < 4.78 is 56.6. The van der Waals surface area contributed by atoms with Crippen LogP contribution in [0.25, 0.3) is 0 Å². The topological polar surface area (TPSA) is 134 Å². The molecule has 54 heavy (non-hydrogen) atoms. The number of carbonyl (C=O) groups excluding carboxylic acids is 3. The Hall–Kier alpha value is -5.34. The van der Waals surface area contributed by atoms with Gasteiger partial charge in [0, 0.05) is 44.1 Å². The van der Waals surface area contributed by atoms with Gasteiger partial charge in [0.2, 0.25) is 0 Å². The minimum atomic E-state index is -2.65. The molecule has 11 nitrogen and oxygen atoms in total. The van der Waals surface area contributed by atoms with Crippen molar-refractivity contribution in [2.75, 3.05) is 62.1 Å². The fraction of sp³-hybridized carbons (Fsp3) is 0.325. The number of piperidine rings is 1. The third kappa shape index (κ3) is 13.3. The van der Waals surface area contributed by atoms with Crippen LogP contribution in [0.2, 0.25) is 0 Å². The standard InChI is InChI=1S/C21H23FN2O3.C15H14FNO2.C4H9NO2S/c1-27-20(25)17-7-5-16(6-8-17)15-24(19-11-9-18(22)10-12-19)21(26)23-13-3-2-4-14-23;1-19-15(18)12-4-2-11(3-5-12)10-17-14-8-6-13(16)7-9-14;6-8(7)3-1-5-2-4-8/h5-12H,2-4,13-15H2,1H3;2-9,17H,10H2,1H3;5H,1-4H2. The number of hydrogen-bond donors (Lipinski definition) is 2. The maximum atomic E-state index is 13.3. The molecular weight excluding hydrogens is 719 g/mol. The molecule has 2 saturated heterocycles. The summed E-state index contributed by atoms with van der Waals surface area (Å²) in [7, 11) is 0.0454. The molecule has 2 fully saturated rings. The number of hydrogen-bond acceptors (Lipinski definition) is 9. The van der Waals surface area contributed by atoms with Crippen molar-refractivity contribution in [3.8, 4) is 0 Å². The number of urea groups is 1. The molecule has 2 aliphatic rings. The highest BCUT2D eigenvalue weighted by Crippen LogP contribution is 2.22. The van der Waals surface area contributed by atoms with E-state index in [9.17, 15) is 31.6 Å². The first kappa shape index (κ1) is 41.4. The highest BCUT2D eigenvalue weighted by Gasteiger charge is 2.24. The molecule has 2 amide bonds. The summed E-state index contributed by atoms with van der Waals surface area (Å²) in [6, 6.07) is 26.1. The first-order valence-corrected chi connectivity index (χ1v) is 19.4. The molecule has 0 radical (unpaired) electrons. The Morgan fingerprint density at radius 2 is 1.19 bits per heavy atom. The van der Waals surface area contributed by atoms with Crippen molar-refractivity contribution in [3.05, 3.63) is 131 Å². The van der Waals surface area contributed by atoms with Gasteiger partial charge in [-0.1, -0.05) is 24.3 Å². The molecule has 0 atom stereocenters. The molecule has 4 aromatic rings. The maximum absolute atomic E-state index is 13.3. The molecule has 2 heterocycles. The van der Waals surface area contributed by atoms with Gasteiger partial charge in [0.05, 0.1) is 43.4 Å². The van der Waals surface area contributed by atoms with Crippen LogP contribution in [0.4, 0.5) is 25.0 Å². The zero-order valence-electron chi connectivity index (χ0n) is 30.4. The molecule has 288 valence electrons. The number of carbonyl (C=O) groups is 3. The van der Waals surface area contributed by atoms with Crippen LogP contribution in [0.1, 0.15) is 51.1 Å². The van der Waals surface area contributed by atoms with Gasteiger partial charge in [0.1, 0.15) is 11.6 Å². The second-order valence-corrected chi connectivity index (χ2v) is 14.8. The van der Waals surface area contributed by atoms with Crippen molar-refractivity contribution in [3.63, 3.8) is 0 Å². The van der Waals surface area contributed by atoms with E-state index in [1.165, 1.54) is 38.5 Å². The first-order valence-electron chi connectivity index (χ1n) is 17.5. The summed E-state index contributed by atoms with van der Waals surface area (Å²) in [5.74, 6) is -0.723. The summed E-state index contributed by atoms with van der Waals surface area (Å²) in [4.78, 5) is 39.4. The van der Waals surface area contributed by atoms with Gasteiger partial charge in [-0.3, -0.25) is 4.90 Å². The number of likely N-dealkylation sites (tertiary alicyclic amines) is 1. The van der Waals surface area contributed by atoms with Gasteiger partial charge in [-0.2, -0.15) is 0 Å². The molecule has 0 unspecified atom stereocenters. The molecule has 4 aromatic carbocycles. The summed E-state index contributed by atoms with van der Waals surface area (Å²) in [6.07, 6.45) is 3.13. The number of rotatable bonds is 8. The quantitative estimate of drug-likeness (QED) is 0.194. The van der Waals surface area contributed by atoms with Gasteiger partial charge in [-0.05, 0) is 103 Å². The van der Waals surface area contributed by atoms with Gasteiger partial charge in [-0.25, -0.2) is 31.6 Å². The van der Waals surface area contributed by atoms with Crippen molar-refractivity contribution >= 4 is 39.2 Å². The zero-order chi connectivity index (χ0) is 38.9. The first-order chi connectivity index (χ1) is 26.0. The monoisotopic (exact) mass is 764 g/mol. The number of nitrogens with one attached hydrogen (secondary N) is 2. The predicted octanol–water partition coefficient (Wildman–Crippen LogP) is 6.45. The normalized spacial score (nSPS) is 14.6. The zero-order valence-corrected chi connectivity index (χ0v) is 31.2. The van der Waals surface area contributed by atoms with Gasteiger partial charge in [0.25, 0.3) is 0 Å². The van der Waals surface area contributed by atoms with Crippen LogP contribution in [-0.4, -0.2) is 83.2 Å². The molecule has 0 aromatic heterocycles. The van der Waals surface area contributed by atoms with Crippen molar-refractivity contribution in [1.29, 1.82) is 0 Å². The maximum Gasteiger partial charge on any atom is 0.337 e. The smallest absolute Gasteiger partial charge is 0.337 e. The van der Waals surface area contributed by atoms with E-state index in [1.807, 2.05) is 17.0 Å². The van der Waals surface area contributed by atoms with E-state index < -0.39 is 15.8 Å². The molecule has 6 rings (SSSR count). The van der Waals surface area contributed by atoms with Crippen LogP contribution in [0.5, 0.6) is 0 Å². The van der Waals surface area contributed by atoms with Crippen molar-refractivity contribution < 1.29 is 41.1 Å². The van der Waals surface area contributed by atoms with Crippen LogP contribution in [0.15, 0.2) is 97.1 Å². The molecule has 14 heteroatoms. The molecule has 0 saturated carbocycles. The molecular formula is C40H46F2N4O7S. The average Bonchev–Trinajstić information content (AvgIpc) is 3.20. The largest absolute Gasteiger partial charge is 0.465 e. The minimum absolute atomic E-state index is 0.0849. The second-order valence-electron chi connectivity index (χ2n) is 12.5. The summed E-state index contributed by atoms with van der Waals surface area (Å²) >= 11 is 0. The lowest BCUT2D eigenvalue weighted by atomic mass is 10.1. The Morgan fingerprint density at radius 3 is 1.65 bits per heavy atom. The highest BCUT2D eigenvalue weighted by atomic mass is 32.2. The Bertz CT molecular complexity index is 1890. The lowest BCUT2D eigenvalue weighted by Gasteiger charge is -2.33. The van der Waals surface area contributed by atoms with E-state index in [-0.39, 0.29) is 23.6 Å². The number of benzene rings is 4. The number of amides is 2. The minimum Gasteiger partial charge on any atom is -0.465 e. The number of methoxy groups -OCH3 is 2. The fourth-order valence-electron chi connectivity index (χ4n) is 5.52. The third-order valence-electron chi connectivity index (χ3n) is 8.61. The average molecular weight is 765 g/mol. The van der Waals surface area contributed by atoms with E-state index in [0.29, 0.717) is 54.5 Å². The molecule has 2 aliphatic heterocycles. The van der Waals surface area contributed by atoms with Gasteiger partial charge < -0.3 is 25.0 Å². The van der Waals surface area contributed by atoms with Crippen LogP contribution in [-0.2, 0) is 32.4 Å². The third-order valence-corrected chi connectivity index (χ3v) is 10.3. The lowest BCUT2D eigenvalue weighted by Crippen LogP contribution is -2.45. The Kier molecular flexibility index (Phi) is 15.9. The summed E-state index contributed by atoms with van der Waals surface area (Å²) in [5.41, 5.74) is 4.36. The van der Waals surface area contributed by atoms with Gasteiger partial charge in [-0.15, -0.1) is 0 Å². The molecule has 0 aliphatic carbocycles. The van der Waals surface area contributed by atoms with E-state index in [1.54, 1.807) is 65.6 Å². The summed E-state index contributed by atoms with van der Waals surface area (Å²) in [5, 5.41) is 6.13. The van der Waals surface area contributed by atoms with Crippen LogP contribution < -0.4 is 15.5 Å². The summed E-state index contributed by atoms with van der Waals surface area (Å²) in [6.45, 7) is 3.66. The SMILES string of the molecule is COC(=O)c1ccc(CN(C(=O)N2CCCCC2)c2ccc(F)cc2)cc1.COC(=O)c1ccc(CNc2ccc(F)cc2)cc1.O=S1(=O)CCNCC1. The number of esters is 2. The van der Waals surface area contributed by atoms with Gasteiger partial charge in [0.15, 0.2) is 9.84 Å². The van der Waals surface area contributed by atoms with Crippen LogP contribution in [0.3, 0.4) is 0 Å². The molecule has 0 spiro atoms. The second kappa shape index (κ2) is 20.8. The van der Waals surface area contributed by atoms with E-state index >= 15 is 0 Å². The van der Waals surface area contributed by atoms with Crippen molar-refractivity contribution in [2.45, 2.75) is 32.4 Å². The number of anilines is 2. The van der Waals surface area contributed by atoms with E-state index in [0.717, 1.165) is 49.2 Å². The predicted molar refractivity (Wildman–Crippen MR) is 204 cm³/mol. The fourth-order valence-corrected chi connectivity index (χ4v) is 6.64. The van der Waals surface area contributed by atoms with Crippen molar-refractivity contribution in [1.82, 2.24) is 10.2 Å². The van der Waals surface area contributed by atoms with Crippen LogP contribution in [0, 0.1) is 11.6 Å². The number of halogens is 2. The van der Waals surface area contributed by atoms with E-state index in [4.69, 9.17) is 4.74 Å². The Morgan fingerprint density at radius 1 is 0.704 bits per heavy atom. The van der Waals surface area contributed by atoms with Crippen LogP contribution >= 0.6 is 0 Å². The Balaban J connectivity index is 0.000000207.